The molecule has 0 radical (unpaired) electrons. The molecule has 1 unspecified atom stereocenters. The second kappa shape index (κ2) is 10.7. The number of nitrogens with zero attached hydrogens (tertiary/aromatic N) is 2. The van der Waals surface area contributed by atoms with Crippen molar-refractivity contribution in [2.75, 3.05) is 19.8 Å². The van der Waals surface area contributed by atoms with Crippen LogP contribution in [0.4, 0.5) is 0 Å². The van der Waals surface area contributed by atoms with Gasteiger partial charge in [-0.25, -0.2) is 4.98 Å². The Morgan fingerprint density at radius 3 is 2.89 bits per heavy atom. The highest BCUT2D eigenvalue weighted by atomic mass is 35.5. The molecule has 0 saturated carbocycles. The molecule has 0 spiro atoms. The molecule has 1 atom stereocenters. The van der Waals surface area contributed by atoms with E-state index in [1.165, 1.54) is 11.8 Å². The Morgan fingerprint density at radius 2 is 2.19 bits per heavy atom. The number of hydrogen-bond acceptors (Lipinski definition) is 5. The monoisotopic (exact) mass is 411 g/mol. The van der Waals surface area contributed by atoms with Crippen LogP contribution in [0.15, 0.2) is 28.2 Å². The van der Waals surface area contributed by atoms with Gasteiger partial charge in [-0.3, -0.25) is 14.2 Å². The number of halogens is 1. The number of fused-ring (bicyclic) bond motifs is 1. The molecule has 6 nitrogen and oxygen atoms in total. The van der Waals surface area contributed by atoms with Crippen molar-refractivity contribution >= 4 is 40.2 Å². The van der Waals surface area contributed by atoms with E-state index in [0.717, 1.165) is 6.42 Å². The molecular weight excluding hydrogens is 386 g/mol. The van der Waals surface area contributed by atoms with Gasteiger partial charge in [-0.15, -0.1) is 0 Å². The third-order valence-electron chi connectivity index (χ3n) is 3.96. The van der Waals surface area contributed by atoms with Crippen LogP contribution in [0.2, 0.25) is 5.02 Å². The largest absolute Gasteiger partial charge is 0.382 e. The first-order valence-electron chi connectivity index (χ1n) is 9.20. The number of hydrogen-bond donors (Lipinski definition) is 1. The van der Waals surface area contributed by atoms with Crippen molar-refractivity contribution in [1.29, 1.82) is 0 Å². The number of amides is 1. The Hall–Kier alpha value is -1.57. The van der Waals surface area contributed by atoms with Gasteiger partial charge in [-0.1, -0.05) is 30.3 Å². The van der Waals surface area contributed by atoms with Crippen LogP contribution in [0.25, 0.3) is 10.9 Å². The van der Waals surface area contributed by atoms with Crippen molar-refractivity contribution in [3.63, 3.8) is 0 Å². The van der Waals surface area contributed by atoms with Crippen LogP contribution < -0.4 is 10.9 Å². The summed E-state index contributed by atoms with van der Waals surface area (Å²) < 4.78 is 7.01. The van der Waals surface area contributed by atoms with Crippen LogP contribution in [0.5, 0.6) is 0 Å². The molecule has 1 N–H and O–H groups in total. The Labute approximate surface area is 168 Å². The summed E-state index contributed by atoms with van der Waals surface area (Å²) in [5.41, 5.74) is 0.411. The lowest BCUT2D eigenvalue weighted by molar-refractivity contribution is -0.120. The fourth-order valence-corrected chi connectivity index (χ4v) is 3.66. The van der Waals surface area contributed by atoms with E-state index in [1.807, 2.05) is 20.8 Å². The zero-order chi connectivity index (χ0) is 19.8. The average molecular weight is 412 g/mol. The van der Waals surface area contributed by atoms with Crippen LogP contribution in [-0.4, -0.2) is 40.5 Å². The minimum Gasteiger partial charge on any atom is -0.382 e. The number of carbonyl (C=O) groups excluding carboxylic acids is 1. The lowest BCUT2D eigenvalue weighted by atomic mass is 10.2. The van der Waals surface area contributed by atoms with Crippen LogP contribution >= 0.6 is 23.4 Å². The summed E-state index contributed by atoms with van der Waals surface area (Å²) in [5, 5.41) is 4.07. The summed E-state index contributed by atoms with van der Waals surface area (Å²) >= 11 is 7.34. The summed E-state index contributed by atoms with van der Waals surface area (Å²) in [4.78, 5) is 29.8. The highest BCUT2D eigenvalue weighted by Crippen LogP contribution is 2.24. The molecule has 1 amide bonds. The minimum absolute atomic E-state index is 0.0665. The van der Waals surface area contributed by atoms with E-state index >= 15 is 0 Å². The molecule has 0 aliphatic heterocycles. The third-order valence-corrected chi connectivity index (χ3v) is 5.28. The maximum absolute atomic E-state index is 13.0. The van der Waals surface area contributed by atoms with E-state index in [9.17, 15) is 9.59 Å². The Kier molecular flexibility index (Phi) is 8.60. The van der Waals surface area contributed by atoms with Crippen molar-refractivity contribution in [3.05, 3.63) is 33.6 Å². The van der Waals surface area contributed by atoms with E-state index in [0.29, 0.717) is 53.8 Å². The van der Waals surface area contributed by atoms with Crippen LogP contribution in [0.3, 0.4) is 0 Å². The molecule has 27 heavy (non-hydrogen) atoms. The molecule has 1 aromatic heterocycles. The van der Waals surface area contributed by atoms with Gasteiger partial charge in [-0.2, -0.15) is 0 Å². The average Bonchev–Trinajstić information content (AvgIpc) is 2.64. The molecule has 0 saturated heterocycles. The van der Waals surface area contributed by atoms with Crippen LogP contribution in [0, 0.1) is 0 Å². The first-order chi connectivity index (χ1) is 13.0. The molecule has 2 aromatic rings. The smallest absolute Gasteiger partial charge is 0.262 e. The zero-order valence-electron chi connectivity index (χ0n) is 16.0. The van der Waals surface area contributed by atoms with Gasteiger partial charge in [0.05, 0.1) is 16.2 Å². The summed E-state index contributed by atoms with van der Waals surface area (Å²) in [6.45, 7) is 8.07. The van der Waals surface area contributed by atoms with Gasteiger partial charge in [0.25, 0.3) is 5.56 Å². The fraction of sp³-hybridized carbons (Fsp3) is 0.526. The first kappa shape index (κ1) is 21.7. The maximum Gasteiger partial charge on any atom is 0.262 e. The maximum atomic E-state index is 13.0. The molecule has 148 valence electrons. The standard InChI is InChI=1S/C19H26ClN3O3S/c1-4-9-21-17(24)13(3)27-19-22-16-12-14(20)7-8-15(16)18(25)23(19)10-6-11-26-5-2/h7-8,12-13H,4-6,9-11H2,1-3H3,(H,21,24). The third kappa shape index (κ3) is 5.96. The second-order valence-electron chi connectivity index (χ2n) is 6.11. The lowest BCUT2D eigenvalue weighted by Crippen LogP contribution is -2.32. The molecule has 2 rings (SSSR count). The number of aromatic nitrogens is 2. The predicted octanol–water partition coefficient (Wildman–Crippen LogP) is 3.48. The van der Waals surface area contributed by atoms with Crippen molar-refractivity contribution in [2.24, 2.45) is 0 Å². The van der Waals surface area contributed by atoms with Gasteiger partial charge >= 0.3 is 0 Å². The highest BCUT2D eigenvalue weighted by molar-refractivity contribution is 8.00. The molecule has 0 aliphatic rings. The van der Waals surface area contributed by atoms with E-state index in [-0.39, 0.29) is 16.7 Å². The van der Waals surface area contributed by atoms with Gasteiger partial charge in [0.1, 0.15) is 0 Å². The predicted molar refractivity (Wildman–Crippen MR) is 111 cm³/mol. The Bertz CT molecular complexity index is 841. The normalized spacial score (nSPS) is 12.3. The minimum atomic E-state index is -0.363. The van der Waals surface area contributed by atoms with Gasteiger partial charge in [0.15, 0.2) is 5.16 Å². The number of benzene rings is 1. The van der Waals surface area contributed by atoms with Crippen molar-refractivity contribution < 1.29 is 9.53 Å². The number of nitrogens with one attached hydrogen (secondary N) is 1. The van der Waals surface area contributed by atoms with Gasteiger partial charge < -0.3 is 10.1 Å². The van der Waals surface area contributed by atoms with Crippen molar-refractivity contribution in [3.8, 4) is 0 Å². The van der Waals surface area contributed by atoms with E-state index in [4.69, 9.17) is 16.3 Å². The number of carbonyl (C=O) groups is 1. The highest BCUT2D eigenvalue weighted by Gasteiger charge is 2.19. The molecule has 0 bridgehead atoms. The quantitative estimate of drug-likeness (QED) is 0.368. The van der Waals surface area contributed by atoms with Gasteiger partial charge in [0.2, 0.25) is 5.91 Å². The van der Waals surface area contributed by atoms with Crippen LogP contribution in [0.1, 0.15) is 33.6 Å². The number of rotatable bonds is 10. The molecule has 1 aromatic carbocycles. The second-order valence-corrected chi connectivity index (χ2v) is 7.86. The van der Waals surface area contributed by atoms with Crippen molar-refractivity contribution in [2.45, 2.75) is 50.6 Å². The molecule has 1 heterocycles. The van der Waals surface area contributed by atoms with E-state index in [2.05, 4.69) is 10.3 Å². The topological polar surface area (TPSA) is 73.2 Å². The van der Waals surface area contributed by atoms with E-state index < -0.39 is 0 Å². The van der Waals surface area contributed by atoms with Gasteiger partial charge in [-0.05, 0) is 44.9 Å². The molecule has 0 aliphatic carbocycles. The molecule has 8 heteroatoms. The fourth-order valence-electron chi connectivity index (χ4n) is 2.53. The number of ether oxygens (including phenoxy) is 1. The zero-order valence-corrected chi connectivity index (χ0v) is 17.5. The van der Waals surface area contributed by atoms with Crippen molar-refractivity contribution in [1.82, 2.24) is 14.9 Å². The Morgan fingerprint density at radius 1 is 1.41 bits per heavy atom. The molecular formula is C19H26ClN3O3S. The summed E-state index contributed by atoms with van der Waals surface area (Å²) in [6, 6.07) is 5.05. The number of thioether (sulfide) groups is 1. The lowest BCUT2D eigenvalue weighted by Gasteiger charge is -2.16. The Balaban J connectivity index is 2.35. The SMILES string of the molecule is CCCNC(=O)C(C)Sc1nc2cc(Cl)ccc2c(=O)n1CCCOCC. The van der Waals surface area contributed by atoms with E-state index in [1.54, 1.807) is 22.8 Å². The first-order valence-corrected chi connectivity index (χ1v) is 10.5. The van der Waals surface area contributed by atoms with Crippen LogP contribution in [-0.2, 0) is 16.1 Å². The van der Waals surface area contributed by atoms with Gasteiger partial charge in [0, 0.05) is 31.3 Å². The summed E-state index contributed by atoms with van der Waals surface area (Å²) in [5.74, 6) is -0.0665. The summed E-state index contributed by atoms with van der Waals surface area (Å²) in [7, 11) is 0. The molecule has 0 fully saturated rings. The summed E-state index contributed by atoms with van der Waals surface area (Å²) in [6.07, 6.45) is 1.57.